The zero-order valence-electron chi connectivity index (χ0n) is 10.4. The van der Waals surface area contributed by atoms with Crippen LogP contribution in [-0.2, 0) is 11.2 Å². The van der Waals surface area contributed by atoms with Gasteiger partial charge in [-0.05, 0) is 49.7 Å². The van der Waals surface area contributed by atoms with Gasteiger partial charge in [0.2, 0.25) is 0 Å². The van der Waals surface area contributed by atoms with Crippen molar-refractivity contribution in [2.75, 3.05) is 0 Å². The first kappa shape index (κ1) is 10.9. The van der Waals surface area contributed by atoms with Gasteiger partial charge in [-0.2, -0.15) is 0 Å². The Bertz CT molecular complexity index is 440. The molecule has 0 spiro atoms. The summed E-state index contributed by atoms with van der Waals surface area (Å²) in [5.41, 5.74) is 2.12. The summed E-state index contributed by atoms with van der Waals surface area (Å²) in [4.78, 5) is 16.6. The Morgan fingerprint density at radius 3 is 2.94 bits per heavy atom. The number of carbonyl (C=O) groups is 1. The summed E-state index contributed by atoms with van der Waals surface area (Å²) in [5.74, 6) is 2.31. The summed E-state index contributed by atoms with van der Waals surface area (Å²) < 4.78 is 0. The predicted molar refractivity (Wildman–Crippen MR) is 66.6 cm³/mol. The van der Waals surface area contributed by atoms with Crippen LogP contribution in [-0.4, -0.2) is 10.8 Å². The van der Waals surface area contributed by atoms with E-state index >= 15 is 0 Å². The van der Waals surface area contributed by atoms with Gasteiger partial charge in [0.25, 0.3) is 0 Å². The van der Waals surface area contributed by atoms with Gasteiger partial charge in [-0.1, -0.05) is 12.5 Å². The van der Waals surface area contributed by atoms with E-state index in [4.69, 9.17) is 0 Å². The van der Waals surface area contributed by atoms with Crippen LogP contribution < -0.4 is 0 Å². The van der Waals surface area contributed by atoms with E-state index in [1.54, 1.807) is 6.20 Å². The highest BCUT2D eigenvalue weighted by Crippen LogP contribution is 2.48. The molecule has 3 rings (SSSR count). The molecule has 0 radical (unpaired) electrons. The normalized spacial score (nSPS) is 30.8. The first-order valence-electron chi connectivity index (χ1n) is 6.67. The second-order valence-electron chi connectivity index (χ2n) is 5.69. The number of hydrogen-bond acceptors (Lipinski definition) is 2. The number of fused-ring (bicyclic) bond motifs is 2. The molecule has 2 fully saturated rings. The van der Waals surface area contributed by atoms with Gasteiger partial charge < -0.3 is 0 Å². The Kier molecular flexibility index (Phi) is 2.73. The molecule has 2 heteroatoms. The van der Waals surface area contributed by atoms with Gasteiger partial charge in [0.1, 0.15) is 5.78 Å². The van der Waals surface area contributed by atoms with E-state index in [0.717, 1.165) is 23.6 Å². The van der Waals surface area contributed by atoms with Gasteiger partial charge in [-0.25, -0.2) is 0 Å². The topological polar surface area (TPSA) is 30.0 Å². The maximum absolute atomic E-state index is 12.3. The maximum Gasteiger partial charge on any atom is 0.142 e. The molecule has 0 N–H and O–H groups in total. The molecule has 1 aromatic rings. The molecule has 3 atom stereocenters. The van der Waals surface area contributed by atoms with Crippen LogP contribution in [0.5, 0.6) is 0 Å². The predicted octanol–water partition coefficient (Wildman–Crippen LogP) is 2.94. The Balaban J connectivity index is 1.70. The van der Waals surface area contributed by atoms with Crippen LogP contribution in [0.1, 0.15) is 36.9 Å². The third kappa shape index (κ3) is 2.01. The molecule has 0 aromatic carbocycles. The molecule has 2 saturated carbocycles. The molecule has 2 aliphatic rings. The molecule has 0 aliphatic heterocycles. The van der Waals surface area contributed by atoms with Crippen LogP contribution in [0.25, 0.3) is 0 Å². The van der Waals surface area contributed by atoms with E-state index in [-0.39, 0.29) is 0 Å². The third-order valence-electron chi connectivity index (χ3n) is 4.61. The number of pyridine rings is 1. The number of hydrogen-bond donors (Lipinski definition) is 0. The van der Waals surface area contributed by atoms with Crippen molar-refractivity contribution in [3.8, 4) is 0 Å². The highest BCUT2D eigenvalue weighted by Gasteiger charge is 2.42. The van der Waals surface area contributed by atoms with Gasteiger partial charge in [-0.15, -0.1) is 0 Å². The maximum atomic E-state index is 12.3. The van der Waals surface area contributed by atoms with E-state index in [0.29, 0.717) is 24.0 Å². The van der Waals surface area contributed by atoms with Crippen molar-refractivity contribution < 1.29 is 4.79 Å². The van der Waals surface area contributed by atoms with Crippen molar-refractivity contribution in [2.45, 2.75) is 39.0 Å². The Morgan fingerprint density at radius 2 is 2.29 bits per heavy atom. The molecular formula is C15H19NO. The SMILES string of the molecule is Cc1cccnc1CC(=O)C1CC2CCC1C2. The molecule has 3 unspecified atom stereocenters. The molecule has 2 aliphatic carbocycles. The number of ketones is 1. The summed E-state index contributed by atoms with van der Waals surface area (Å²) in [6.45, 7) is 2.04. The van der Waals surface area contributed by atoms with Gasteiger partial charge in [-0.3, -0.25) is 9.78 Å². The van der Waals surface area contributed by atoms with Crippen molar-refractivity contribution >= 4 is 5.78 Å². The zero-order chi connectivity index (χ0) is 11.8. The van der Waals surface area contributed by atoms with Crippen LogP contribution in [0.2, 0.25) is 0 Å². The monoisotopic (exact) mass is 229 g/mol. The number of Topliss-reactive ketones (excluding diaryl/α,β-unsaturated/α-hetero) is 1. The zero-order valence-corrected chi connectivity index (χ0v) is 10.4. The van der Waals surface area contributed by atoms with Crippen molar-refractivity contribution in [1.29, 1.82) is 0 Å². The second-order valence-corrected chi connectivity index (χ2v) is 5.69. The van der Waals surface area contributed by atoms with E-state index in [2.05, 4.69) is 4.98 Å². The molecule has 2 bridgehead atoms. The third-order valence-corrected chi connectivity index (χ3v) is 4.61. The summed E-state index contributed by atoms with van der Waals surface area (Å²) in [6, 6.07) is 3.97. The van der Waals surface area contributed by atoms with Gasteiger partial charge in [0.05, 0.1) is 5.69 Å². The molecular weight excluding hydrogens is 210 g/mol. The number of aryl methyl sites for hydroxylation is 1. The molecule has 90 valence electrons. The van der Waals surface area contributed by atoms with Crippen LogP contribution in [0, 0.1) is 24.7 Å². The number of nitrogens with zero attached hydrogens (tertiary/aromatic N) is 1. The van der Waals surface area contributed by atoms with Crippen LogP contribution in [0.3, 0.4) is 0 Å². The summed E-state index contributed by atoms with van der Waals surface area (Å²) in [5, 5.41) is 0. The fraction of sp³-hybridized carbons (Fsp3) is 0.600. The van der Waals surface area contributed by atoms with Gasteiger partial charge >= 0.3 is 0 Å². The van der Waals surface area contributed by atoms with Crippen molar-refractivity contribution in [2.24, 2.45) is 17.8 Å². The average molecular weight is 229 g/mol. The lowest BCUT2D eigenvalue weighted by atomic mass is 9.84. The first-order chi connectivity index (χ1) is 8.24. The van der Waals surface area contributed by atoms with Crippen LogP contribution >= 0.6 is 0 Å². The second kappa shape index (κ2) is 4.25. The van der Waals surface area contributed by atoms with Crippen molar-refractivity contribution in [3.63, 3.8) is 0 Å². The lowest BCUT2D eigenvalue weighted by Crippen LogP contribution is -2.23. The Hall–Kier alpha value is -1.18. The molecule has 2 nitrogen and oxygen atoms in total. The highest BCUT2D eigenvalue weighted by molar-refractivity contribution is 5.83. The summed E-state index contributed by atoms with van der Waals surface area (Å²) in [6.07, 6.45) is 7.42. The Morgan fingerprint density at radius 1 is 1.41 bits per heavy atom. The van der Waals surface area contributed by atoms with Crippen molar-refractivity contribution in [3.05, 3.63) is 29.6 Å². The number of aromatic nitrogens is 1. The minimum atomic E-state index is 0.343. The summed E-state index contributed by atoms with van der Waals surface area (Å²) in [7, 11) is 0. The number of carbonyl (C=O) groups excluding carboxylic acids is 1. The molecule has 17 heavy (non-hydrogen) atoms. The summed E-state index contributed by atoms with van der Waals surface area (Å²) >= 11 is 0. The van der Waals surface area contributed by atoms with E-state index in [1.807, 2.05) is 19.1 Å². The largest absolute Gasteiger partial charge is 0.299 e. The van der Waals surface area contributed by atoms with E-state index in [1.165, 1.54) is 19.3 Å². The minimum Gasteiger partial charge on any atom is -0.299 e. The molecule has 0 amide bonds. The Labute approximate surface area is 102 Å². The molecule has 0 saturated heterocycles. The lowest BCUT2D eigenvalue weighted by Gasteiger charge is -2.20. The average Bonchev–Trinajstić information content (AvgIpc) is 2.94. The van der Waals surface area contributed by atoms with Crippen LogP contribution in [0.15, 0.2) is 18.3 Å². The fourth-order valence-corrected chi connectivity index (χ4v) is 3.64. The standard InChI is InChI=1S/C15H19NO/c1-10-3-2-6-16-14(10)9-15(17)13-8-11-4-5-12(13)7-11/h2-3,6,11-13H,4-5,7-9H2,1H3. The van der Waals surface area contributed by atoms with Gasteiger partial charge in [0, 0.05) is 18.5 Å². The van der Waals surface area contributed by atoms with E-state index < -0.39 is 0 Å². The quantitative estimate of drug-likeness (QED) is 0.797. The minimum absolute atomic E-state index is 0.343. The van der Waals surface area contributed by atoms with Gasteiger partial charge in [0.15, 0.2) is 0 Å². The first-order valence-corrected chi connectivity index (χ1v) is 6.67. The fourth-order valence-electron chi connectivity index (χ4n) is 3.64. The highest BCUT2D eigenvalue weighted by atomic mass is 16.1. The van der Waals surface area contributed by atoms with E-state index in [9.17, 15) is 4.79 Å². The lowest BCUT2D eigenvalue weighted by molar-refractivity contribution is -0.123. The smallest absolute Gasteiger partial charge is 0.142 e. The molecule has 1 heterocycles. The molecule has 1 aromatic heterocycles. The van der Waals surface area contributed by atoms with Crippen LogP contribution in [0.4, 0.5) is 0 Å². The van der Waals surface area contributed by atoms with Crippen molar-refractivity contribution in [1.82, 2.24) is 4.98 Å². The number of rotatable bonds is 3.